The summed E-state index contributed by atoms with van der Waals surface area (Å²) in [5.74, 6) is 1.81. The van der Waals surface area contributed by atoms with Gasteiger partial charge in [-0.15, -0.1) is 0 Å². The number of aliphatic hydroxyl groups is 1. The lowest BCUT2D eigenvalue weighted by Gasteiger charge is -2.22. The smallest absolute Gasteiger partial charge is 0.0702 e. The molecule has 17 heavy (non-hydrogen) atoms. The molecule has 2 nitrogen and oxygen atoms in total. The number of rotatable bonds is 2. The van der Waals surface area contributed by atoms with Crippen molar-refractivity contribution >= 4 is 5.69 Å². The summed E-state index contributed by atoms with van der Waals surface area (Å²) in [7, 11) is 0. The Labute approximate surface area is 103 Å². The van der Waals surface area contributed by atoms with Crippen molar-refractivity contribution in [2.75, 3.05) is 18.0 Å². The van der Waals surface area contributed by atoms with Gasteiger partial charge in [-0.05, 0) is 37.7 Å². The standard InChI is InChI=1S/C15H21NO/c1-11-5-6-15(14(7-11)10-17)16-8-12-3-2-4-13(12)9-16/h5-7,12-13,17H,2-4,8-10H2,1H3. The first-order valence-corrected chi connectivity index (χ1v) is 6.73. The Hall–Kier alpha value is -1.02. The van der Waals surface area contributed by atoms with E-state index in [0.717, 1.165) is 17.4 Å². The minimum absolute atomic E-state index is 0.156. The summed E-state index contributed by atoms with van der Waals surface area (Å²) in [5, 5.41) is 9.48. The Morgan fingerprint density at radius 3 is 2.59 bits per heavy atom. The molecule has 0 aromatic heterocycles. The molecule has 1 N–H and O–H groups in total. The molecular formula is C15H21NO. The molecule has 0 bridgehead atoms. The molecular weight excluding hydrogens is 210 g/mol. The second-order valence-electron chi connectivity index (χ2n) is 5.65. The van der Waals surface area contributed by atoms with Crippen LogP contribution in [0.2, 0.25) is 0 Å². The lowest BCUT2D eigenvalue weighted by Crippen LogP contribution is -2.22. The summed E-state index contributed by atoms with van der Waals surface area (Å²) in [6, 6.07) is 6.45. The van der Waals surface area contributed by atoms with Gasteiger partial charge in [-0.2, -0.15) is 0 Å². The third kappa shape index (κ3) is 1.95. The summed E-state index contributed by atoms with van der Waals surface area (Å²) >= 11 is 0. The van der Waals surface area contributed by atoms with Crippen molar-refractivity contribution in [2.45, 2.75) is 32.8 Å². The second-order valence-corrected chi connectivity index (χ2v) is 5.65. The normalized spacial score (nSPS) is 27.5. The number of nitrogens with zero attached hydrogens (tertiary/aromatic N) is 1. The average Bonchev–Trinajstić information content (AvgIpc) is 2.89. The van der Waals surface area contributed by atoms with Gasteiger partial charge in [0.05, 0.1) is 6.61 Å². The lowest BCUT2D eigenvalue weighted by atomic mass is 10.0. The van der Waals surface area contributed by atoms with E-state index in [1.807, 2.05) is 0 Å². The van der Waals surface area contributed by atoms with Crippen LogP contribution in [0.15, 0.2) is 18.2 Å². The van der Waals surface area contributed by atoms with Crippen molar-refractivity contribution in [3.05, 3.63) is 29.3 Å². The highest BCUT2D eigenvalue weighted by atomic mass is 16.3. The Balaban J connectivity index is 1.85. The van der Waals surface area contributed by atoms with Crippen LogP contribution in [-0.2, 0) is 6.61 Å². The van der Waals surface area contributed by atoms with Crippen LogP contribution < -0.4 is 4.90 Å². The van der Waals surface area contributed by atoms with Crippen molar-refractivity contribution in [3.8, 4) is 0 Å². The first kappa shape index (κ1) is 11.1. The van der Waals surface area contributed by atoms with E-state index in [2.05, 4.69) is 30.0 Å². The number of benzene rings is 1. The molecule has 2 atom stereocenters. The molecule has 0 radical (unpaired) electrons. The van der Waals surface area contributed by atoms with Gasteiger partial charge in [0.1, 0.15) is 0 Å². The van der Waals surface area contributed by atoms with Gasteiger partial charge >= 0.3 is 0 Å². The molecule has 1 heterocycles. The van der Waals surface area contributed by atoms with Crippen molar-refractivity contribution in [1.82, 2.24) is 0 Å². The molecule has 1 saturated carbocycles. The fourth-order valence-electron chi connectivity index (χ4n) is 3.58. The quantitative estimate of drug-likeness (QED) is 0.846. The van der Waals surface area contributed by atoms with Crippen LogP contribution in [0, 0.1) is 18.8 Å². The third-order valence-corrected chi connectivity index (χ3v) is 4.47. The molecule has 92 valence electrons. The third-order valence-electron chi connectivity index (χ3n) is 4.47. The number of aryl methyl sites for hydroxylation is 1. The van der Waals surface area contributed by atoms with Gasteiger partial charge < -0.3 is 10.0 Å². The van der Waals surface area contributed by atoms with Crippen LogP contribution in [0.3, 0.4) is 0 Å². The molecule has 1 saturated heterocycles. The molecule has 2 heteroatoms. The van der Waals surface area contributed by atoms with Gasteiger partial charge in [-0.1, -0.05) is 24.1 Å². The van der Waals surface area contributed by atoms with Crippen LogP contribution in [0.1, 0.15) is 30.4 Å². The van der Waals surface area contributed by atoms with E-state index in [4.69, 9.17) is 0 Å². The van der Waals surface area contributed by atoms with Crippen LogP contribution in [0.5, 0.6) is 0 Å². The van der Waals surface area contributed by atoms with E-state index in [1.165, 1.54) is 43.6 Å². The maximum Gasteiger partial charge on any atom is 0.0702 e. The van der Waals surface area contributed by atoms with E-state index >= 15 is 0 Å². The summed E-state index contributed by atoms with van der Waals surface area (Å²) in [5.41, 5.74) is 3.58. The molecule has 2 fully saturated rings. The van der Waals surface area contributed by atoms with Crippen LogP contribution in [0.25, 0.3) is 0 Å². The number of fused-ring (bicyclic) bond motifs is 1. The van der Waals surface area contributed by atoms with Gasteiger partial charge in [0.15, 0.2) is 0 Å². The molecule has 3 rings (SSSR count). The molecule has 2 aliphatic rings. The van der Waals surface area contributed by atoms with Gasteiger partial charge in [-0.25, -0.2) is 0 Å². The molecule has 0 amide bonds. The number of anilines is 1. The first-order valence-electron chi connectivity index (χ1n) is 6.73. The fraction of sp³-hybridized carbons (Fsp3) is 0.600. The summed E-state index contributed by atoms with van der Waals surface area (Å²) in [6.45, 7) is 4.63. The number of hydrogen-bond acceptors (Lipinski definition) is 2. The highest BCUT2D eigenvalue weighted by Crippen LogP contribution is 2.40. The highest BCUT2D eigenvalue weighted by molar-refractivity contribution is 5.55. The predicted octanol–water partition coefficient (Wildman–Crippen LogP) is 2.72. The van der Waals surface area contributed by atoms with E-state index in [1.54, 1.807) is 0 Å². The maximum absolute atomic E-state index is 9.48. The SMILES string of the molecule is Cc1ccc(N2CC3CCCC3C2)c(CO)c1. The first-order chi connectivity index (χ1) is 8.28. The Kier molecular flexibility index (Phi) is 2.83. The van der Waals surface area contributed by atoms with Crippen molar-refractivity contribution in [2.24, 2.45) is 11.8 Å². The van der Waals surface area contributed by atoms with Gasteiger partial charge in [0.2, 0.25) is 0 Å². The topological polar surface area (TPSA) is 23.5 Å². The molecule has 2 unspecified atom stereocenters. The molecule has 0 spiro atoms. The van der Waals surface area contributed by atoms with E-state index in [0.29, 0.717) is 0 Å². The van der Waals surface area contributed by atoms with Crippen molar-refractivity contribution < 1.29 is 5.11 Å². The zero-order chi connectivity index (χ0) is 11.8. The number of hydrogen-bond donors (Lipinski definition) is 1. The summed E-state index contributed by atoms with van der Waals surface area (Å²) in [6.07, 6.45) is 4.23. The molecule has 1 aromatic rings. The number of aliphatic hydroxyl groups excluding tert-OH is 1. The van der Waals surface area contributed by atoms with Crippen LogP contribution in [-0.4, -0.2) is 18.2 Å². The largest absolute Gasteiger partial charge is 0.392 e. The fourth-order valence-corrected chi connectivity index (χ4v) is 3.58. The van der Waals surface area contributed by atoms with Crippen LogP contribution in [0.4, 0.5) is 5.69 Å². The predicted molar refractivity (Wildman–Crippen MR) is 70.1 cm³/mol. The minimum Gasteiger partial charge on any atom is -0.392 e. The van der Waals surface area contributed by atoms with Gasteiger partial charge in [0, 0.05) is 24.3 Å². The summed E-state index contributed by atoms with van der Waals surface area (Å²) in [4.78, 5) is 2.49. The van der Waals surface area contributed by atoms with Crippen LogP contribution >= 0.6 is 0 Å². The Morgan fingerprint density at radius 1 is 1.24 bits per heavy atom. The lowest BCUT2D eigenvalue weighted by molar-refractivity contribution is 0.282. The summed E-state index contributed by atoms with van der Waals surface area (Å²) < 4.78 is 0. The average molecular weight is 231 g/mol. The van der Waals surface area contributed by atoms with Gasteiger partial charge in [-0.3, -0.25) is 0 Å². The molecule has 1 aromatic carbocycles. The molecule has 1 aliphatic heterocycles. The van der Waals surface area contributed by atoms with E-state index in [-0.39, 0.29) is 6.61 Å². The van der Waals surface area contributed by atoms with Gasteiger partial charge in [0.25, 0.3) is 0 Å². The van der Waals surface area contributed by atoms with E-state index < -0.39 is 0 Å². The molecule has 1 aliphatic carbocycles. The van der Waals surface area contributed by atoms with E-state index in [9.17, 15) is 5.11 Å². The maximum atomic E-state index is 9.48. The minimum atomic E-state index is 0.156. The Morgan fingerprint density at radius 2 is 1.94 bits per heavy atom. The highest BCUT2D eigenvalue weighted by Gasteiger charge is 2.36. The second kappa shape index (κ2) is 4.34. The monoisotopic (exact) mass is 231 g/mol. The Bertz CT molecular complexity index is 403. The zero-order valence-electron chi connectivity index (χ0n) is 10.5. The van der Waals surface area contributed by atoms with Crippen molar-refractivity contribution in [3.63, 3.8) is 0 Å². The zero-order valence-corrected chi connectivity index (χ0v) is 10.5. The van der Waals surface area contributed by atoms with Crippen molar-refractivity contribution in [1.29, 1.82) is 0 Å².